The Morgan fingerprint density at radius 1 is 1.14 bits per heavy atom. The van der Waals surface area contributed by atoms with Crippen molar-refractivity contribution in [3.8, 4) is 0 Å². The van der Waals surface area contributed by atoms with Crippen LogP contribution in [0.15, 0.2) is 12.2 Å². The molecule has 0 aromatic carbocycles. The molecular formula is C16H26N2O3. The zero-order valence-electron chi connectivity index (χ0n) is 12.9. The molecule has 1 aliphatic heterocycles. The fourth-order valence-electron chi connectivity index (χ4n) is 2.70. The van der Waals surface area contributed by atoms with E-state index in [1.807, 2.05) is 11.0 Å². The standard InChI is InChI=1S/C16H26N2O3/c1-17-10-12-18(13-11-17)15(19)8-9-16(20)21-14-6-4-2-3-5-7-14/h4,6,14H,2-3,5,7-13H2,1H3. The summed E-state index contributed by atoms with van der Waals surface area (Å²) in [6.45, 7) is 3.33. The van der Waals surface area contributed by atoms with Crippen molar-refractivity contribution < 1.29 is 14.3 Å². The summed E-state index contributed by atoms with van der Waals surface area (Å²) < 4.78 is 5.42. The van der Waals surface area contributed by atoms with Crippen molar-refractivity contribution in [1.82, 2.24) is 9.80 Å². The summed E-state index contributed by atoms with van der Waals surface area (Å²) in [6.07, 6.45) is 8.63. The van der Waals surface area contributed by atoms with E-state index in [0.29, 0.717) is 0 Å². The molecular weight excluding hydrogens is 268 g/mol. The third kappa shape index (κ3) is 5.50. The lowest BCUT2D eigenvalue weighted by Gasteiger charge is -2.32. The highest BCUT2D eigenvalue weighted by Crippen LogP contribution is 2.15. The van der Waals surface area contributed by atoms with E-state index in [1.165, 1.54) is 0 Å². The fraction of sp³-hybridized carbons (Fsp3) is 0.750. The molecule has 1 atom stereocenters. The van der Waals surface area contributed by atoms with Crippen LogP contribution in [0.4, 0.5) is 0 Å². The number of carbonyl (C=O) groups is 2. The van der Waals surface area contributed by atoms with E-state index in [0.717, 1.165) is 51.9 Å². The van der Waals surface area contributed by atoms with Gasteiger partial charge in [0.15, 0.2) is 0 Å². The second kappa shape index (κ2) is 8.17. The molecule has 0 bridgehead atoms. The van der Waals surface area contributed by atoms with Gasteiger partial charge in [0, 0.05) is 32.6 Å². The molecule has 1 aliphatic carbocycles. The van der Waals surface area contributed by atoms with Gasteiger partial charge < -0.3 is 14.5 Å². The minimum Gasteiger partial charge on any atom is -0.458 e. The van der Waals surface area contributed by atoms with Crippen molar-refractivity contribution in [1.29, 1.82) is 0 Å². The van der Waals surface area contributed by atoms with Crippen molar-refractivity contribution in [3.05, 3.63) is 12.2 Å². The summed E-state index contributed by atoms with van der Waals surface area (Å²) in [5.74, 6) is -0.189. The lowest BCUT2D eigenvalue weighted by atomic mass is 10.2. The van der Waals surface area contributed by atoms with Gasteiger partial charge in [0.1, 0.15) is 6.10 Å². The Morgan fingerprint density at radius 2 is 1.90 bits per heavy atom. The van der Waals surface area contributed by atoms with Gasteiger partial charge >= 0.3 is 5.97 Å². The molecule has 0 aromatic heterocycles. The third-order valence-corrected chi connectivity index (χ3v) is 4.14. The molecule has 0 saturated carbocycles. The molecule has 0 spiro atoms. The zero-order valence-corrected chi connectivity index (χ0v) is 12.9. The number of hydrogen-bond donors (Lipinski definition) is 0. The first kappa shape index (κ1) is 16.0. The van der Waals surface area contributed by atoms with E-state index in [1.54, 1.807) is 0 Å². The van der Waals surface area contributed by atoms with Gasteiger partial charge in [-0.2, -0.15) is 0 Å². The van der Waals surface area contributed by atoms with Crippen molar-refractivity contribution in [2.75, 3.05) is 33.2 Å². The number of esters is 1. The first-order chi connectivity index (χ1) is 10.1. The van der Waals surface area contributed by atoms with Crippen LogP contribution >= 0.6 is 0 Å². The molecule has 21 heavy (non-hydrogen) atoms. The summed E-state index contributed by atoms with van der Waals surface area (Å²) >= 11 is 0. The summed E-state index contributed by atoms with van der Waals surface area (Å²) in [7, 11) is 2.06. The van der Waals surface area contributed by atoms with Crippen LogP contribution in [0.1, 0.15) is 38.5 Å². The second-order valence-electron chi connectivity index (χ2n) is 5.92. The Hall–Kier alpha value is -1.36. The number of likely N-dealkylation sites (N-methyl/N-ethyl adjacent to an activating group) is 1. The van der Waals surface area contributed by atoms with Crippen molar-refractivity contribution >= 4 is 11.9 Å². The van der Waals surface area contributed by atoms with Gasteiger partial charge in [0.05, 0.1) is 6.42 Å². The van der Waals surface area contributed by atoms with Gasteiger partial charge in [-0.05, 0) is 38.8 Å². The predicted octanol–water partition coefficient (Wildman–Crippen LogP) is 1.58. The van der Waals surface area contributed by atoms with Crippen LogP contribution in [-0.4, -0.2) is 61.0 Å². The number of ether oxygens (including phenoxy) is 1. The summed E-state index contributed by atoms with van der Waals surface area (Å²) in [5, 5.41) is 0. The summed E-state index contributed by atoms with van der Waals surface area (Å²) in [4.78, 5) is 27.9. The Kier molecular flexibility index (Phi) is 6.23. The van der Waals surface area contributed by atoms with Crippen LogP contribution < -0.4 is 0 Å². The Labute approximate surface area is 126 Å². The molecule has 1 unspecified atom stereocenters. The Bertz CT molecular complexity index is 387. The monoisotopic (exact) mass is 294 g/mol. The number of allylic oxidation sites excluding steroid dienone is 1. The highest BCUT2D eigenvalue weighted by Gasteiger charge is 2.20. The van der Waals surface area contributed by atoms with E-state index >= 15 is 0 Å². The molecule has 0 N–H and O–H groups in total. The summed E-state index contributed by atoms with van der Waals surface area (Å²) in [5.41, 5.74) is 0. The lowest BCUT2D eigenvalue weighted by molar-refractivity contribution is -0.149. The van der Waals surface area contributed by atoms with Crippen LogP contribution in [0.3, 0.4) is 0 Å². The van der Waals surface area contributed by atoms with Crippen LogP contribution in [0.2, 0.25) is 0 Å². The highest BCUT2D eigenvalue weighted by atomic mass is 16.5. The molecule has 1 saturated heterocycles. The van der Waals surface area contributed by atoms with Crippen molar-refractivity contribution in [2.45, 2.75) is 44.6 Å². The molecule has 1 fully saturated rings. The van der Waals surface area contributed by atoms with Gasteiger partial charge in [-0.15, -0.1) is 0 Å². The SMILES string of the molecule is CN1CCN(C(=O)CCC(=O)OC2C=CCCCC2)CC1. The molecule has 0 radical (unpaired) electrons. The first-order valence-electron chi connectivity index (χ1n) is 7.97. The van der Waals surface area contributed by atoms with Gasteiger partial charge in [-0.1, -0.05) is 6.08 Å². The molecule has 1 heterocycles. The van der Waals surface area contributed by atoms with E-state index in [9.17, 15) is 9.59 Å². The molecule has 5 nitrogen and oxygen atoms in total. The van der Waals surface area contributed by atoms with E-state index in [2.05, 4.69) is 18.0 Å². The topological polar surface area (TPSA) is 49.9 Å². The maximum atomic E-state index is 12.0. The van der Waals surface area contributed by atoms with Gasteiger partial charge in [0.25, 0.3) is 0 Å². The smallest absolute Gasteiger partial charge is 0.306 e. The van der Waals surface area contributed by atoms with Crippen LogP contribution in [0.5, 0.6) is 0 Å². The van der Waals surface area contributed by atoms with Crippen LogP contribution in [0.25, 0.3) is 0 Å². The average Bonchev–Trinajstić information content (AvgIpc) is 2.74. The quantitative estimate of drug-likeness (QED) is 0.583. The minimum atomic E-state index is -0.256. The van der Waals surface area contributed by atoms with Crippen LogP contribution in [-0.2, 0) is 14.3 Å². The Morgan fingerprint density at radius 3 is 2.67 bits per heavy atom. The van der Waals surface area contributed by atoms with Gasteiger partial charge in [0.2, 0.25) is 5.91 Å². The van der Waals surface area contributed by atoms with E-state index in [4.69, 9.17) is 4.74 Å². The number of carbonyl (C=O) groups excluding carboxylic acids is 2. The normalized spacial score (nSPS) is 23.7. The van der Waals surface area contributed by atoms with Gasteiger partial charge in [-0.25, -0.2) is 0 Å². The van der Waals surface area contributed by atoms with Crippen molar-refractivity contribution in [2.24, 2.45) is 0 Å². The van der Waals surface area contributed by atoms with Crippen molar-refractivity contribution in [3.63, 3.8) is 0 Å². The number of nitrogens with zero attached hydrogens (tertiary/aromatic N) is 2. The van der Waals surface area contributed by atoms with E-state index in [-0.39, 0.29) is 30.8 Å². The van der Waals surface area contributed by atoms with Gasteiger partial charge in [-0.3, -0.25) is 9.59 Å². The summed E-state index contributed by atoms with van der Waals surface area (Å²) in [6, 6.07) is 0. The molecule has 2 aliphatic rings. The minimum absolute atomic E-state index is 0.0662. The largest absolute Gasteiger partial charge is 0.458 e. The number of hydrogen-bond acceptors (Lipinski definition) is 4. The fourth-order valence-corrected chi connectivity index (χ4v) is 2.70. The highest BCUT2D eigenvalue weighted by molar-refractivity contribution is 5.81. The molecule has 118 valence electrons. The maximum absolute atomic E-state index is 12.0. The molecule has 1 amide bonds. The second-order valence-corrected chi connectivity index (χ2v) is 5.92. The third-order valence-electron chi connectivity index (χ3n) is 4.14. The number of amides is 1. The molecule has 0 aromatic rings. The predicted molar refractivity (Wildman–Crippen MR) is 80.8 cm³/mol. The average molecular weight is 294 g/mol. The number of rotatable bonds is 4. The first-order valence-corrected chi connectivity index (χ1v) is 7.97. The van der Waals surface area contributed by atoms with E-state index < -0.39 is 0 Å². The lowest BCUT2D eigenvalue weighted by Crippen LogP contribution is -2.47. The maximum Gasteiger partial charge on any atom is 0.306 e. The number of piperazine rings is 1. The zero-order chi connectivity index (χ0) is 15.1. The molecule has 5 heteroatoms. The van der Waals surface area contributed by atoms with Crippen LogP contribution in [0, 0.1) is 0 Å². The Balaban J connectivity index is 1.67. The molecule has 2 rings (SSSR count).